The maximum atomic E-state index is 13.8. The molecule has 1 N–H and O–H groups in total. The number of carboxylic acid groups (broad SMARTS) is 1. The van der Waals surface area contributed by atoms with Crippen LogP contribution in [0.5, 0.6) is 5.75 Å². The quantitative estimate of drug-likeness (QED) is 0.869. The van der Waals surface area contributed by atoms with Crippen molar-refractivity contribution >= 4 is 11.8 Å². The first-order chi connectivity index (χ1) is 11.3. The number of halogens is 2. The zero-order valence-electron chi connectivity index (χ0n) is 13.2. The molecule has 0 radical (unpaired) electrons. The highest BCUT2D eigenvalue weighted by molar-refractivity contribution is 5.93. The van der Waals surface area contributed by atoms with Crippen LogP contribution in [0.15, 0.2) is 36.4 Å². The van der Waals surface area contributed by atoms with Gasteiger partial charge in [-0.05, 0) is 29.8 Å². The van der Waals surface area contributed by atoms with E-state index in [0.29, 0.717) is 0 Å². The number of hydrogen-bond donors (Lipinski definition) is 1. The molecule has 2 rings (SSSR count). The summed E-state index contributed by atoms with van der Waals surface area (Å²) < 4.78 is 32.1. The Morgan fingerprint density at radius 3 is 2.42 bits per heavy atom. The van der Waals surface area contributed by atoms with Crippen LogP contribution in [0, 0.1) is 17.6 Å². The topological polar surface area (TPSA) is 63.6 Å². The fraction of sp³-hybridized carbons (Fsp3) is 0.222. The molecule has 0 aliphatic carbocycles. The van der Waals surface area contributed by atoms with E-state index in [2.05, 4.69) is 0 Å². The van der Waals surface area contributed by atoms with E-state index in [4.69, 9.17) is 4.74 Å². The van der Waals surface area contributed by atoms with Gasteiger partial charge in [0.1, 0.15) is 29.6 Å². The van der Waals surface area contributed by atoms with E-state index in [-0.39, 0.29) is 40.7 Å². The molecule has 2 aromatic rings. The average molecular weight is 334 g/mol. The van der Waals surface area contributed by atoms with Crippen molar-refractivity contribution in [2.45, 2.75) is 13.8 Å². The second-order valence-corrected chi connectivity index (χ2v) is 5.55. The van der Waals surface area contributed by atoms with Crippen molar-refractivity contribution < 1.29 is 28.2 Å². The van der Waals surface area contributed by atoms with Gasteiger partial charge in [-0.2, -0.15) is 0 Å². The molecule has 2 aromatic carbocycles. The molecule has 0 aliphatic heterocycles. The van der Waals surface area contributed by atoms with Crippen molar-refractivity contribution in [1.82, 2.24) is 0 Å². The molecule has 0 aromatic heterocycles. The molecule has 0 amide bonds. The van der Waals surface area contributed by atoms with E-state index in [1.54, 1.807) is 13.8 Å². The summed E-state index contributed by atoms with van der Waals surface area (Å²) in [5.74, 6) is -3.17. The van der Waals surface area contributed by atoms with Gasteiger partial charge in [-0.25, -0.2) is 13.6 Å². The molecular formula is C18H16F2O4. The minimum Gasteiger partial charge on any atom is -0.485 e. The number of ketones is 1. The van der Waals surface area contributed by atoms with E-state index in [9.17, 15) is 23.5 Å². The third-order valence-electron chi connectivity index (χ3n) is 3.47. The van der Waals surface area contributed by atoms with Crippen molar-refractivity contribution in [3.05, 3.63) is 53.6 Å². The molecule has 0 atom stereocenters. The molecule has 0 saturated heterocycles. The van der Waals surface area contributed by atoms with Crippen molar-refractivity contribution in [1.29, 1.82) is 0 Å². The predicted octanol–water partition coefficient (Wildman–Crippen LogP) is 3.93. The average Bonchev–Trinajstić information content (AvgIpc) is 2.52. The molecule has 6 heteroatoms. The summed E-state index contributed by atoms with van der Waals surface area (Å²) in [6.45, 7) is 3.18. The van der Waals surface area contributed by atoms with E-state index in [1.165, 1.54) is 24.3 Å². The predicted molar refractivity (Wildman–Crippen MR) is 84.1 cm³/mol. The van der Waals surface area contributed by atoms with Gasteiger partial charge >= 0.3 is 5.97 Å². The van der Waals surface area contributed by atoms with Crippen molar-refractivity contribution in [3.8, 4) is 16.9 Å². The van der Waals surface area contributed by atoms with Gasteiger partial charge in [0.2, 0.25) is 0 Å². The third kappa shape index (κ3) is 3.95. The molecule has 126 valence electrons. The third-order valence-corrected chi connectivity index (χ3v) is 3.47. The second kappa shape index (κ2) is 7.21. The Morgan fingerprint density at radius 1 is 1.12 bits per heavy atom. The Kier molecular flexibility index (Phi) is 5.28. The maximum absolute atomic E-state index is 13.8. The first kappa shape index (κ1) is 17.6. The monoisotopic (exact) mass is 334 g/mol. The van der Waals surface area contributed by atoms with Gasteiger partial charge in [-0.1, -0.05) is 19.9 Å². The van der Waals surface area contributed by atoms with Crippen LogP contribution in [0.25, 0.3) is 11.1 Å². The lowest BCUT2D eigenvalue weighted by Gasteiger charge is -2.12. The summed E-state index contributed by atoms with van der Waals surface area (Å²) in [7, 11) is 0. The lowest BCUT2D eigenvalue weighted by atomic mass is 10.0. The number of carbonyl (C=O) groups excluding carboxylic acids is 1. The maximum Gasteiger partial charge on any atom is 0.339 e. The Labute approximate surface area is 137 Å². The van der Waals surface area contributed by atoms with Gasteiger partial charge in [0.25, 0.3) is 0 Å². The van der Waals surface area contributed by atoms with Gasteiger partial charge in [-0.15, -0.1) is 0 Å². The smallest absolute Gasteiger partial charge is 0.339 e. The molecule has 0 bridgehead atoms. The van der Waals surface area contributed by atoms with E-state index in [1.807, 2.05) is 0 Å². The van der Waals surface area contributed by atoms with Crippen LogP contribution in [0.2, 0.25) is 0 Å². The van der Waals surface area contributed by atoms with Gasteiger partial charge < -0.3 is 9.84 Å². The number of ether oxygens (including phenoxy) is 1. The fourth-order valence-corrected chi connectivity index (χ4v) is 2.03. The largest absolute Gasteiger partial charge is 0.485 e. The van der Waals surface area contributed by atoms with E-state index >= 15 is 0 Å². The van der Waals surface area contributed by atoms with Crippen LogP contribution in [0.4, 0.5) is 8.78 Å². The lowest BCUT2D eigenvalue weighted by molar-refractivity contribution is -0.123. The second-order valence-electron chi connectivity index (χ2n) is 5.55. The normalized spacial score (nSPS) is 10.7. The molecule has 24 heavy (non-hydrogen) atoms. The molecule has 0 saturated carbocycles. The molecule has 0 fully saturated rings. The molecule has 0 spiro atoms. The standard InChI is InChI=1S/C18H16F2O4/c1-10(2)16(21)9-24-17-6-3-11(7-14(17)18(22)23)13-5-4-12(19)8-15(13)20/h3-8,10H,9H2,1-2H3,(H,22,23). The van der Waals surface area contributed by atoms with Crippen LogP contribution < -0.4 is 4.74 Å². The van der Waals surface area contributed by atoms with Crippen LogP contribution >= 0.6 is 0 Å². The fourth-order valence-electron chi connectivity index (χ4n) is 2.03. The molecule has 4 nitrogen and oxygen atoms in total. The summed E-state index contributed by atoms with van der Waals surface area (Å²) >= 11 is 0. The Morgan fingerprint density at radius 2 is 1.83 bits per heavy atom. The highest BCUT2D eigenvalue weighted by Crippen LogP contribution is 2.29. The Balaban J connectivity index is 2.36. The number of hydrogen-bond acceptors (Lipinski definition) is 3. The minimum absolute atomic E-state index is 0.0165. The Hall–Kier alpha value is -2.76. The molecule has 0 heterocycles. The van der Waals surface area contributed by atoms with Gasteiger partial charge in [0.05, 0.1) is 0 Å². The van der Waals surface area contributed by atoms with Gasteiger partial charge in [0.15, 0.2) is 5.78 Å². The van der Waals surface area contributed by atoms with Crippen LogP contribution in [0.3, 0.4) is 0 Å². The minimum atomic E-state index is -1.27. The molecule has 0 aliphatic rings. The molecule has 0 unspecified atom stereocenters. The van der Waals surface area contributed by atoms with Crippen LogP contribution in [0.1, 0.15) is 24.2 Å². The number of Topliss-reactive ketones (excluding diaryl/α,β-unsaturated/α-hetero) is 1. The highest BCUT2D eigenvalue weighted by atomic mass is 19.1. The zero-order valence-corrected chi connectivity index (χ0v) is 13.2. The van der Waals surface area contributed by atoms with E-state index in [0.717, 1.165) is 12.1 Å². The van der Waals surface area contributed by atoms with Crippen molar-refractivity contribution in [3.63, 3.8) is 0 Å². The van der Waals surface area contributed by atoms with Gasteiger partial charge in [-0.3, -0.25) is 4.79 Å². The van der Waals surface area contributed by atoms with Crippen LogP contribution in [-0.2, 0) is 4.79 Å². The number of rotatable bonds is 6. The lowest BCUT2D eigenvalue weighted by Crippen LogP contribution is -2.17. The molecular weight excluding hydrogens is 318 g/mol. The first-order valence-corrected chi connectivity index (χ1v) is 7.28. The Bertz CT molecular complexity index is 785. The highest BCUT2D eigenvalue weighted by Gasteiger charge is 2.17. The SMILES string of the molecule is CC(C)C(=O)COc1ccc(-c2ccc(F)cc2F)cc1C(=O)O. The van der Waals surface area contributed by atoms with Crippen molar-refractivity contribution in [2.75, 3.05) is 6.61 Å². The number of carboxylic acids is 1. The number of aromatic carboxylic acids is 1. The van der Waals surface area contributed by atoms with Crippen molar-refractivity contribution in [2.24, 2.45) is 5.92 Å². The van der Waals surface area contributed by atoms with Crippen LogP contribution in [-0.4, -0.2) is 23.5 Å². The van der Waals surface area contributed by atoms with E-state index < -0.39 is 17.6 Å². The van der Waals surface area contributed by atoms with Gasteiger partial charge in [0, 0.05) is 17.5 Å². The zero-order chi connectivity index (χ0) is 17.9. The summed E-state index contributed by atoms with van der Waals surface area (Å²) in [6, 6.07) is 7.08. The first-order valence-electron chi connectivity index (χ1n) is 7.28. The summed E-state index contributed by atoms with van der Waals surface area (Å²) in [5.41, 5.74) is 0.143. The number of benzene rings is 2. The summed E-state index contributed by atoms with van der Waals surface area (Å²) in [4.78, 5) is 23.0. The summed E-state index contributed by atoms with van der Waals surface area (Å²) in [5, 5.41) is 9.31. The summed E-state index contributed by atoms with van der Waals surface area (Å²) in [6.07, 6.45) is 0. The number of carbonyl (C=O) groups is 2.